The Morgan fingerprint density at radius 1 is 1.31 bits per heavy atom. The Morgan fingerprint density at radius 3 is 2.62 bits per heavy atom. The average Bonchev–Trinajstić information content (AvgIpc) is 2.15. The van der Waals surface area contributed by atoms with Crippen molar-refractivity contribution < 1.29 is 5.11 Å². The molecule has 0 aliphatic heterocycles. The second-order valence-electron chi connectivity index (χ2n) is 3.59. The molecule has 3 nitrogen and oxygen atoms in total. The van der Waals surface area contributed by atoms with Crippen molar-refractivity contribution in [2.75, 3.05) is 0 Å². The van der Waals surface area contributed by atoms with Crippen LogP contribution in [0.5, 0.6) is 0 Å². The summed E-state index contributed by atoms with van der Waals surface area (Å²) in [5.41, 5.74) is 1.63. The fourth-order valence-electron chi connectivity index (χ4n) is 1.08. The third-order valence-electron chi connectivity index (χ3n) is 1.87. The predicted molar refractivity (Wildman–Crippen MR) is 51.1 cm³/mol. The van der Waals surface area contributed by atoms with Gasteiger partial charge in [0.25, 0.3) is 0 Å². The molecule has 0 bridgehead atoms. The lowest BCUT2D eigenvalue weighted by Gasteiger charge is -2.04. The number of rotatable bonds is 4. The van der Waals surface area contributed by atoms with Crippen LogP contribution in [0.2, 0.25) is 0 Å². The zero-order valence-corrected chi connectivity index (χ0v) is 8.20. The first kappa shape index (κ1) is 10.1. The van der Waals surface area contributed by atoms with Crippen molar-refractivity contribution >= 4 is 0 Å². The number of hydrogen-bond acceptors (Lipinski definition) is 3. The Bertz CT molecular complexity index is 261. The minimum absolute atomic E-state index is 0.0253. The highest BCUT2D eigenvalue weighted by molar-refractivity contribution is 5.02. The molecule has 0 aliphatic rings. The van der Waals surface area contributed by atoms with Crippen LogP contribution in [0.15, 0.2) is 12.4 Å². The number of aliphatic hydroxyl groups is 1. The van der Waals surface area contributed by atoms with Gasteiger partial charge in [-0.3, -0.25) is 9.97 Å². The minimum atomic E-state index is -0.0253. The highest BCUT2D eigenvalue weighted by Gasteiger charge is 1.99. The van der Waals surface area contributed by atoms with E-state index in [4.69, 9.17) is 5.11 Å². The maximum atomic E-state index is 8.84. The normalized spacial score (nSPS) is 10.8. The maximum absolute atomic E-state index is 8.84. The molecule has 13 heavy (non-hydrogen) atoms. The zero-order valence-electron chi connectivity index (χ0n) is 8.20. The molecule has 0 saturated carbocycles. The number of hydrogen-bond donors (Lipinski definition) is 1. The number of aryl methyl sites for hydroxylation is 1. The SMILES string of the molecule is CC(C)CCc1cncc(CO)n1. The van der Waals surface area contributed by atoms with Crippen LogP contribution in [0.25, 0.3) is 0 Å². The summed E-state index contributed by atoms with van der Waals surface area (Å²) in [6, 6.07) is 0. The van der Waals surface area contributed by atoms with Crippen LogP contribution >= 0.6 is 0 Å². The van der Waals surface area contributed by atoms with Crippen LogP contribution in [0, 0.1) is 5.92 Å². The molecule has 0 fully saturated rings. The van der Waals surface area contributed by atoms with Gasteiger partial charge in [0.15, 0.2) is 0 Å². The third kappa shape index (κ3) is 3.51. The molecule has 0 unspecified atom stereocenters. The van der Waals surface area contributed by atoms with Gasteiger partial charge < -0.3 is 5.11 Å². The summed E-state index contributed by atoms with van der Waals surface area (Å²) in [7, 11) is 0. The van der Waals surface area contributed by atoms with Gasteiger partial charge in [0.2, 0.25) is 0 Å². The van der Waals surface area contributed by atoms with Crippen molar-refractivity contribution in [2.24, 2.45) is 5.92 Å². The quantitative estimate of drug-likeness (QED) is 0.764. The molecule has 1 heterocycles. The highest BCUT2D eigenvalue weighted by Crippen LogP contribution is 2.06. The number of aliphatic hydroxyl groups excluding tert-OH is 1. The van der Waals surface area contributed by atoms with E-state index in [1.807, 2.05) is 0 Å². The van der Waals surface area contributed by atoms with Crippen molar-refractivity contribution in [3.63, 3.8) is 0 Å². The predicted octanol–water partition coefficient (Wildman–Crippen LogP) is 1.56. The van der Waals surface area contributed by atoms with E-state index in [1.165, 1.54) is 0 Å². The Kier molecular flexibility index (Phi) is 3.83. The lowest BCUT2D eigenvalue weighted by Crippen LogP contribution is -1.99. The Balaban J connectivity index is 2.56. The summed E-state index contributed by atoms with van der Waals surface area (Å²) >= 11 is 0. The Morgan fingerprint density at radius 2 is 2.00 bits per heavy atom. The molecular weight excluding hydrogens is 164 g/mol. The van der Waals surface area contributed by atoms with E-state index in [9.17, 15) is 0 Å². The first-order chi connectivity index (χ1) is 6.22. The first-order valence-electron chi connectivity index (χ1n) is 4.63. The van der Waals surface area contributed by atoms with E-state index in [0.29, 0.717) is 11.6 Å². The van der Waals surface area contributed by atoms with Crippen molar-refractivity contribution in [1.29, 1.82) is 0 Å². The third-order valence-corrected chi connectivity index (χ3v) is 1.87. The van der Waals surface area contributed by atoms with Gasteiger partial charge in [0, 0.05) is 6.20 Å². The Labute approximate surface area is 78.9 Å². The molecule has 72 valence electrons. The van der Waals surface area contributed by atoms with E-state index in [-0.39, 0.29) is 6.61 Å². The number of aromatic nitrogens is 2. The van der Waals surface area contributed by atoms with E-state index < -0.39 is 0 Å². The molecule has 0 aromatic carbocycles. The van der Waals surface area contributed by atoms with Gasteiger partial charge in [-0.2, -0.15) is 0 Å². The lowest BCUT2D eigenvalue weighted by atomic mass is 10.1. The molecule has 0 aliphatic carbocycles. The fraction of sp³-hybridized carbons (Fsp3) is 0.600. The van der Waals surface area contributed by atoms with E-state index in [0.717, 1.165) is 18.5 Å². The van der Waals surface area contributed by atoms with Gasteiger partial charge in [0.05, 0.1) is 24.2 Å². The van der Waals surface area contributed by atoms with Crippen LogP contribution in [0.4, 0.5) is 0 Å². The topological polar surface area (TPSA) is 46.0 Å². The van der Waals surface area contributed by atoms with Crippen LogP contribution in [0.1, 0.15) is 31.7 Å². The number of nitrogens with zero attached hydrogens (tertiary/aromatic N) is 2. The molecule has 0 atom stereocenters. The monoisotopic (exact) mass is 180 g/mol. The average molecular weight is 180 g/mol. The molecule has 0 saturated heterocycles. The maximum Gasteiger partial charge on any atom is 0.0868 e. The molecule has 0 radical (unpaired) electrons. The Hall–Kier alpha value is -0.960. The van der Waals surface area contributed by atoms with Crippen molar-refractivity contribution in [3.8, 4) is 0 Å². The van der Waals surface area contributed by atoms with E-state index >= 15 is 0 Å². The molecule has 1 aromatic rings. The second-order valence-corrected chi connectivity index (χ2v) is 3.59. The van der Waals surface area contributed by atoms with Crippen molar-refractivity contribution in [1.82, 2.24) is 9.97 Å². The zero-order chi connectivity index (χ0) is 9.68. The van der Waals surface area contributed by atoms with E-state index in [2.05, 4.69) is 23.8 Å². The summed E-state index contributed by atoms with van der Waals surface area (Å²) in [4.78, 5) is 8.26. The van der Waals surface area contributed by atoms with E-state index in [1.54, 1.807) is 12.4 Å². The van der Waals surface area contributed by atoms with Crippen molar-refractivity contribution in [3.05, 3.63) is 23.8 Å². The molecule has 0 spiro atoms. The van der Waals surface area contributed by atoms with Crippen LogP contribution in [0.3, 0.4) is 0 Å². The molecule has 1 N–H and O–H groups in total. The summed E-state index contributed by atoms with van der Waals surface area (Å²) in [6.07, 6.45) is 5.42. The highest BCUT2D eigenvalue weighted by atomic mass is 16.3. The van der Waals surface area contributed by atoms with Gasteiger partial charge in [-0.25, -0.2) is 0 Å². The standard InChI is InChI=1S/C10H16N2O/c1-8(2)3-4-9-5-11-6-10(7-13)12-9/h5-6,8,13H,3-4,7H2,1-2H3. The van der Waals surface area contributed by atoms with Crippen molar-refractivity contribution in [2.45, 2.75) is 33.3 Å². The molecule has 1 rings (SSSR count). The summed E-state index contributed by atoms with van der Waals surface area (Å²) in [5, 5.41) is 8.84. The molecular formula is C10H16N2O. The molecule has 0 amide bonds. The first-order valence-corrected chi connectivity index (χ1v) is 4.63. The summed E-state index contributed by atoms with van der Waals surface area (Å²) in [6.45, 7) is 4.34. The van der Waals surface area contributed by atoms with Gasteiger partial charge in [-0.05, 0) is 18.8 Å². The van der Waals surface area contributed by atoms with Gasteiger partial charge in [-0.1, -0.05) is 13.8 Å². The largest absolute Gasteiger partial charge is 0.390 e. The van der Waals surface area contributed by atoms with Gasteiger partial charge >= 0.3 is 0 Å². The minimum Gasteiger partial charge on any atom is -0.390 e. The van der Waals surface area contributed by atoms with Crippen LogP contribution < -0.4 is 0 Å². The summed E-state index contributed by atoms with van der Waals surface area (Å²) < 4.78 is 0. The molecule has 3 heteroatoms. The second kappa shape index (κ2) is 4.92. The fourth-order valence-corrected chi connectivity index (χ4v) is 1.08. The van der Waals surface area contributed by atoms with Crippen LogP contribution in [-0.2, 0) is 13.0 Å². The summed E-state index contributed by atoms with van der Waals surface area (Å²) in [5.74, 6) is 0.680. The van der Waals surface area contributed by atoms with Gasteiger partial charge in [-0.15, -0.1) is 0 Å². The van der Waals surface area contributed by atoms with Gasteiger partial charge in [0.1, 0.15) is 0 Å². The molecule has 1 aromatic heterocycles. The smallest absolute Gasteiger partial charge is 0.0868 e. The van der Waals surface area contributed by atoms with Crippen LogP contribution in [-0.4, -0.2) is 15.1 Å². The lowest BCUT2D eigenvalue weighted by molar-refractivity contribution is 0.276.